The van der Waals surface area contributed by atoms with Crippen LogP contribution in [0.4, 0.5) is 5.69 Å². The summed E-state index contributed by atoms with van der Waals surface area (Å²) < 4.78 is 0. The molecule has 1 unspecified atom stereocenters. The van der Waals surface area contributed by atoms with E-state index in [-0.39, 0.29) is 6.04 Å². The van der Waals surface area contributed by atoms with E-state index in [2.05, 4.69) is 15.6 Å². The third kappa shape index (κ3) is 4.18. The minimum absolute atomic E-state index is 0.190. The molecular weight excluding hydrogens is 180 g/mol. The lowest BCUT2D eigenvalue weighted by atomic mass is 10.4. The second-order valence-electron chi connectivity index (χ2n) is 2.59. The molecule has 0 spiro atoms. The van der Waals surface area contributed by atoms with Gasteiger partial charge < -0.3 is 5.32 Å². The molecule has 0 bridgehead atoms. The quantitative estimate of drug-likeness (QED) is 0.512. The van der Waals surface area contributed by atoms with E-state index in [0.29, 0.717) is 12.1 Å². The van der Waals surface area contributed by atoms with Crippen molar-refractivity contribution in [3.8, 4) is 6.07 Å². The summed E-state index contributed by atoms with van der Waals surface area (Å²) in [6.45, 7) is 0.899. The molecule has 0 radical (unpaired) electrons. The highest BCUT2D eigenvalue weighted by atomic mass is 16.1. The Hall–Kier alpha value is -1.93. The molecule has 1 fully saturated rings. The van der Waals surface area contributed by atoms with Crippen molar-refractivity contribution < 1.29 is 4.79 Å². The van der Waals surface area contributed by atoms with Crippen LogP contribution >= 0.6 is 0 Å². The second-order valence-corrected chi connectivity index (χ2v) is 2.59. The lowest BCUT2D eigenvalue weighted by Crippen LogP contribution is -1.92. The standard InChI is InChI=1S/C6H6N2O.C3H4N2/c9-5-8-6-2-1-3-7-4-6;4-1-3-2-5-3/h1-5H,(H,8,9);3,5H,2H2. The van der Waals surface area contributed by atoms with Crippen molar-refractivity contribution in [1.29, 1.82) is 5.26 Å². The molecule has 5 nitrogen and oxygen atoms in total. The van der Waals surface area contributed by atoms with E-state index in [0.717, 1.165) is 6.54 Å². The summed E-state index contributed by atoms with van der Waals surface area (Å²) in [4.78, 5) is 13.6. The van der Waals surface area contributed by atoms with Gasteiger partial charge >= 0.3 is 0 Å². The predicted molar refractivity (Wildman–Crippen MR) is 51.3 cm³/mol. The van der Waals surface area contributed by atoms with Crippen molar-refractivity contribution in [1.82, 2.24) is 10.3 Å². The number of hydrogen-bond acceptors (Lipinski definition) is 4. The van der Waals surface area contributed by atoms with Crippen LogP contribution < -0.4 is 10.6 Å². The number of nitriles is 1. The van der Waals surface area contributed by atoms with Gasteiger partial charge in [0.25, 0.3) is 0 Å². The first-order valence-electron chi connectivity index (χ1n) is 4.10. The van der Waals surface area contributed by atoms with Gasteiger partial charge in [-0.3, -0.25) is 15.1 Å². The Balaban J connectivity index is 0.000000165. The van der Waals surface area contributed by atoms with Gasteiger partial charge in [-0.05, 0) is 12.1 Å². The van der Waals surface area contributed by atoms with Crippen LogP contribution in [0.25, 0.3) is 0 Å². The van der Waals surface area contributed by atoms with Gasteiger partial charge in [0.1, 0.15) is 6.04 Å². The first kappa shape index (κ1) is 10.2. The van der Waals surface area contributed by atoms with Crippen LogP contribution in [0.3, 0.4) is 0 Å². The molecule has 5 heteroatoms. The van der Waals surface area contributed by atoms with Gasteiger partial charge in [-0.1, -0.05) is 0 Å². The number of carbonyl (C=O) groups excluding carboxylic acids is 1. The first-order chi connectivity index (χ1) is 6.86. The molecule has 0 aliphatic carbocycles. The molecule has 2 heterocycles. The summed E-state index contributed by atoms with van der Waals surface area (Å²) in [5.41, 5.74) is 0.715. The molecule has 14 heavy (non-hydrogen) atoms. The highest BCUT2D eigenvalue weighted by Gasteiger charge is 2.17. The minimum atomic E-state index is 0.190. The summed E-state index contributed by atoms with van der Waals surface area (Å²) in [5.74, 6) is 0. The topological polar surface area (TPSA) is 87.7 Å². The zero-order valence-corrected chi connectivity index (χ0v) is 7.47. The Kier molecular flexibility index (Phi) is 4.11. The fourth-order valence-electron chi connectivity index (χ4n) is 0.666. The maximum Gasteiger partial charge on any atom is 0.211 e. The molecule has 2 rings (SSSR count). The summed E-state index contributed by atoms with van der Waals surface area (Å²) in [7, 11) is 0. The molecule has 1 aromatic rings. The number of aromatic nitrogens is 1. The largest absolute Gasteiger partial charge is 0.327 e. The molecule has 1 saturated heterocycles. The van der Waals surface area contributed by atoms with Crippen LogP contribution in [0.5, 0.6) is 0 Å². The van der Waals surface area contributed by atoms with E-state index in [1.54, 1.807) is 24.5 Å². The predicted octanol–water partition coefficient (Wildman–Crippen LogP) is 0.132. The SMILES string of the molecule is N#CC1CN1.O=CNc1cccnc1. The summed E-state index contributed by atoms with van der Waals surface area (Å²) in [5, 5.41) is 13.2. The summed E-state index contributed by atoms with van der Waals surface area (Å²) in [6.07, 6.45) is 3.85. The van der Waals surface area contributed by atoms with Crippen molar-refractivity contribution in [3.63, 3.8) is 0 Å². The smallest absolute Gasteiger partial charge is 0.211 e. The van der Waals surface area contributed by atoms with E-state index < -0.39 is 0 Å². The molecule has 1 aliphatic rings. The lowest BCUT2D eigenvalue weighted by Gasteiger charge is -1.92. The normalized spacial score (nSPS) is 16.9. The summed E-state index contributed by atoms with van der Waals surface area (Å²) >= 11 is 0. The maximum atomic E-state index is 9.84. The molecular formula is C9H10N4O. The van der Waals surface area contributed by atoms with Crippen molar-refractivity contribution >= 4 is 12.1 Å². The minimum Gasteiger partial charge on any atom is -0.327 e. The molecule has 72 valence electrons. The lowest BCUT2D eigenvalue weighted by molar-refractivity contribution is -0.105. The third-order valence-corrected chi connectivity index (χ3v) is 1.45. The van der Waals surface area contributed by atoms with Crippen LogP contribution in [-0.2, 0) is 4.79 Å². The van der Waals surface area contributed by atoms with Crippen molar-refractivity contribution in [3.05, 3.63) is 24.5 Å². The fourth-order valence-corrected chi connectivity index (χ4v) is 0.666. The number of carbonyl (C=O) groups is 1. The third-order valence-electron chi connectivity index (χ3n) is 1.45. The monoisotopic (exact) mass is 190 g/mol. The van der Waals surface area contributed by atoms with Crippen LogP contribution in [-0.4, -0.2) is 24.0 Å². The van der Waals surface area contributed by atoms with Crippen molar-refractivity contribution in [2.75, 3.05) is 11.9 Å². The fraction of sp³-hybridized carbons (Fsp3) is 0.222. The number of pyridine rings is 1. The zero-order valence-electron chi connectivity index (χ0n) is 7.47. The first-order valence-corrected chi connectivity index (χ1v) is 4.10. The number of nitrogens with zero attached hydrogens (tertiary/aromatic N) is 2. The Labute approximate surface area is 81.8 Å². The Morgan fingerprint density at radius 2 is 2.57 bits per heavy atom. The highest BCUT2D eigenvalue weighted by molar-refractivity contribution is 5.70. The Bertz CT molecular complexity index is 315. The number of nitrogens with one attached hydrogen (secondary N) is 2. The van der Waals surface area contributed by atoms with Gasteiger partial charge in [0.2, 0.25) is 6.41 Å². The number of anilines is 1. The average Bonchev–Trinajstić information content (AvgIpc) is 3.04. The van der Waals surface area contributed by atoms with Gasteiger partial charge in [-0.25, -0.2) is 0 Å². The maximum absolute atomic E-state index is 9.84. The molecule has 1 atom stereocenters. The van der Waals surface area contributed by atoms with Crippen LogP contribution in [0, 0.1) is 11.3 Å². The molecule has 1 amide bonds. The van der Waals surface area contributed by atoms with Gasteiger partial charge in [0, 0.05) is 12.7 Å². The number of hydrogen-bond donors (Lipinski definition) is 2. The van der Waals surface area contributed by atoms with Gasteiger partial charge in [0.15, 0.2) is 0 Å². The highest BCUT2D eigenvalue weighted by Crippen LogP contribution is 1.98. The van der Waals surface area contributed by atoms with E-state index in [1.807, 2.05) is 6.07 Å². The van der Waals surface area contributed by atoms with Crippen LogP contribution in [0.1, 0.15) is 0 Å². The van der Waals surface area contributed by atoms with E-state index in [1.165, 1.54) is 0 Å². The van der Waals surface area contributed by atoms with Crippen LogP contribution in [0.2, 0.25) is 0 Å². The van der Waals surface area contributed by atoms with Crippen molar-refractivity contribution in [2.24, 2.45) is 0 Å². The van der Waals surface area contributed by atoms with Gasteiger partial charge in [0.05, 0.1) is 18.0 Å². The molecule has 2 N–H and O–H groups in total. The second kappa shape index (κ2) is 5.67. The van der Waals surface area contributed by atoms with Gasteiger partial charge in [-0.15, -0.1) is 0 Å². The molecule has 1 aromatic heterocycles. The Morgan fingerprint density at radius 1 is 1.79 bits per heavy atom. The van der Waals surface area contributed by atoms with E-state index in [9.17, 15) is 4.79 Å². The average molecular weight is 190 g/mol. The van der Waals surface area contributed by atoms with E-state index >= 15 is 0 Å². The van der Waals surface area contributed by atoms with Crippen LogP contribution in [0.15, 0.2) is 24.5 Å². The summed E-state index contributed by atoms with van der Waals surface area (Å²) in [6, 6.07) is 5.74. The molecule has 0 saturated carbocycles. The molecule has 1 aliphatic heterocycles. The Morgan fingerprint density at radius 3 is 2.93 bits per heavy atom. The van der Waals surface area contributed by atoms with Crippen molar-refractivity contribution in [2.45, 2.75) is 6.04 Å². The zero-order chi connectivity index (χ0) is 10.2. The number of rotatable bonds is 2. The van der Waals surface area contributed by atoms with Gasteiger partial charge in [-0.2, -0.15) is 5.26 Å². The van der Waals surface area contributed by atoms with E-state index in [4.69, 9.17) is 5.26 Å². The molecule has 0 aromatic carbocycles. The number of amides is 1.